The summed E-state index contributed by atoms with van der Waals surface area (Å²) >= 11 is 0. The molecule has 3 N–H and O–H groups in total. The lowest BCUT2D eigenvalue weighted by molar-refractivity contribution is -0.143. The fraction of sp³-hybridized carbons (Fsp3) is 0.968. The molecular weight excluding hydrogens is 839 g/mol. The lowest BCUT2D eigenvalue weighted by Crippen LogP contribution is -2.45. The fourth-order valence-electron chi connectivity index (χ4n) is 10.1. The molecule has 6 nitrogen and oxygen atoms in total. The van der Waals surface area contributed by atoms with Gasteiger partial charge in [0.2, 0.25) is 5.91 Å². The van der Waals surface area contributed by atoms with Crippen molar-refractivity contribution in [1.82, 2.24) is 5.32 Å². The molecule has 2 atom stereocenters. The van der Waals surface area contributed by atoms with Crippen LogP contribution in [0, 0.1) is 0 Å². The number of amides is 1. The molecular formula is C62H123NO5. The van der Waals surface area contributed by atoms with E-state index in [-0.39, 0.29) is 18.5 Å². The monoisotopic (exact) mass is 962 g/mol. The van der Waals surface area contributed by atoms with Crippen molar-refractivity contribution < 1.29 is 24.5 Å². The highest BCUT2D eigenvalue weighted by molar-refractivity contribution is 5.76. The van der Waals surface area contributed by atoms with Crippen LogP contribution in [0.5, 0.6) is 0 Å². The number of ether oxygens (including phenoxy) is 1. The van der Waals surface area contributed by atoms with E-state index in [9.17, 15) is 19.8 Å². The van der Waals surface area contributed by atoms with E-state index in [0.717, 1.165) is 57.8 Å². The summed E-state index contributed by atoms with van der Waals surface area (Å²) < 4.78 is 5.49. The first kappa shape index (κ1) is 66.9. The molecule has 0 aromatic carbocycles. The van der Waals surface area contributed by atoms with E-state index in [4.69, 9.17) is 4.74 Å². The van der Waals surface area contributed by atoms with Crippen molar-refractivity contribution in [3.05, 3.63) is 0 Å². The number of unbranched alkanes of at least 4 members (excludes halogenated alkanes) is 48. The molecule has 0 saturated heterocycles. The van der Waals surface area contributed by atoms with Gasteiger partial charge in [0.05, 0.1) is 25.4 Å². The van der Waals surface area contributed by atoms with Crippen LogP contribution in [-0.2, 0) is 14.3 Å². The van der Waals surface area contributed by atoms with E-state index in [2.05, 4.69) is 19.2 Å². The fourth-order valence-corrected chi connectivity index (χ4v) is 10.1. The predicted molar refractivity (Wildman–Crippen MR) is 297 cm³/mol. The molecule has 6 heteroatoms. The maximum atomic E-state index is 12.5. The first-order valence-corrected chi connectivity index (χ1v) is 31.3. The average molecular weight is 963 g/mol. The van der Waals surface area contributed by atoms with Crippen molar-refractivity contribution in [2.24, 2.45) is 0 Å². The Labute approximate surface area is 426 Å². The molecule has 406 valence electrons. The second-order valence-corrected chi connectivity index (χ2v) is 21.8. The summed E-state index contributed by atoms with van der Waals surface area (Å²) in [5, 5.41) is 23.3. The summed E-state index contributed by atoms with van der Waals surface area (Å²) in [5.41, 5.74) is 0. The van der Waals surface area contributed by atoms with E-state index in [1.54, 1.807) is 0 Å². The molecule has 0 radical (unpaired) electrons. The Kier molecular flexibility index (Phi) is 57.5. The zero-order valence-corrected chi connectivity index (χ0v) is 46.4. The number of carbonyl (C=O) groups excluding carboxylic acids is 2. The summed E-state index contributed by atoms with van der Waals surface area (Å²) in [6.45, 7) is 4.96. The molecule has 0 heterocycles. The van der Waals surface area contributed by atoms with Gasteiger partial charge < -0.3 is 20.3 Å². The Morgan fingerprint density at radius 1 is 0.353 bits per heavy atom. The molecule has 0 fully saturated rings. The van der Waals surface area contributed by atoms with Crippen LogP contribution in [0.15, 0.2) is 0 Å². The van der Waals surface area contributed by atoms with Gasteiger partial charge in [-0.1, -0.05) is 322 Å². The molecule has 0 aromatic rings. The lowest BCUT2D eigenvalue weighted by atomic mass is 10.0. The van der Waals surface area contributed by atoms with Gasteiger partial charge in [-0.25, -0.2) is 0 Å². The van der Waals surface area contributed by atoms with Gasteiger partial charge >= 0.3 is 5.97 Å². The average Bonchev–Trinajstić information content (AvgIpc) is 3.34. The topological polar surface area (TPSA) is 95.9 Å². The Morgan fingerprint density at radius 3 is 0.897 bits per heavy atom. The minimum Gasteiger partial charge on any atom is -0.466 e. The minimum atomic E-state index is -0.674. The highest BCUT2D eigenvalue weighted by Gasteiger charge is 2.20. The van der Waals surface area contributed by atoms with Gasteiger partial charge in [-0.3, -0.25) is 9.59 Å². The first-order valence-electron chi connectivity index (χ1n) is 31.3. The molecule has 0 rings (SSSR count). The second-order valence-electron chi connectivity index (χ2n) is 21.8. The zero-order valence-electron chi connectivity index (χ0n) is 46.4. The van der Waals surface area contributed by atoms with Crippen LogP contribution < -0.4 is 5.32 Å². The third kappa shape index (κ3) is 54.2. The maximum absolute atomic E-state index is 12.5. The van der Waals surface area contributed by atoms with Gasteiger partial charge in [0.15, 0.2) is 0 Å². The van der Waals surface area contributed by atoms with Gasteiger partial charge in [0.25, 0.3) is 0 Å². The van der Waals surface area contributed by atoms with Crippen LogP contribution in [0.1, 0.15) is 361 Å². The predicted octanol–water partition coefficient (Wildman–Crippen LogP) is 19.5. The van der Waals surface area contributed by atoms with Crippen LogP contribution in [0.2, 0.25) is 0 Å². The van der Waals surface area contributed by atoms with E-state index < -0.39 is 12.1 Å². The smallest absolute Gasteiger partial charge is 0.305 e. The normalized spacial score (nSPS) is 12.5. The number of aliphatic hydroxyl groups excluding tert-OH is 2. The van der Waals surface area contributed by atoms with Crippen molar-refractivity contribution >= 4 is 11.9 Å². The summed E-state index contributed by atoms with van der Waals surface area (Å²) in [5.74, 6) is -0.0484. The summed E-state index contributed by atoms with van der Waals surface area (Å²) in [6.07, 6.45) is 68.2. The molecule has 0 aromatic heterocycles. The van der Waals surface area contributed by atoms with Crippen molar-refractivity contribution in [2.75, 3.05) is 13.2 Å². The summed E-state index contributed by atoms with van der Waals surface area (Å²) in [7, 11) is 0. The molecule has 68 heavy (non-hydrogen) atoms. The number of hydrogen-bond acceptors (Lipinski definition) is 5. The first-order chi connectivity index (χ1) is 33.5. The van der Waals surface area contributed by atoms with Crippen LogP contribution in [0.3, 0.4) is 0 Å². The third-order valence-electron chi connectivity index (χ3n) is 14.9. The second kappa shape index (κ2) is 58.4. The number of nitrogens with one attached hydrogen (secondary N) is 1. The van der Waals surface area contributed by atoms with E-state index in [0.29, 0.717) is 25.9 Å². The maximum Gasteiger partial charge on any atom is 0.305 e. The number of aliphatic hydroxyl groups is 2. The molecule has 0 aliphatic carbocycles. The van der Waals surface area contributed by atoms with Crippen molar-refractivity contribution in [2.45, 2.75) is 373 Å². The number of carbonyl (C=O) groups is 2. The zero-order chi connectivity index (χ0) is 49.3. The van der Waals surface area contributed by atoms with Crippen molar-refractivity contribution in [1.29, 1.82) is 0 Å². The lowest BCUT2D eigenvalue weighted by Gasteiger charge is -2.22. The molecule has 1 amide bonds. The Morgan fingerprint density at radius 2 is 0.603 bits per heavy atom. The van der Waals surface area contributed by atoms with Crippen molar-refractivity contribution in [3.63, 3.8) is 0 Å². The van der Waals surface area contributed by atoms with Crippen LogP contribution in [0.25, 0.3) is 0 Å². The quantitative estimate of drug-likeness (QED) is 0.0417. The van der Waals surface area contributed by atoms with Crippen molar-refractivity contribution in [3.8, 4) is 0 Å². The van der Waals surface area contributed by atoms with Gasteiger partial charge in [-0.2, -0.15) is 0 Å². The van der Waals surface area contributed by atoms with E-state index >= 15 is 0 Å². The molecule has 0 spiro atoms. The molecule has 0 aliphatic heterocycles. The Bertz CT molecular complexity index is 975. The minimum absolute atomic E-state index is 0.00281. The Balaban J connectivity index is 3.41. The molecule has 0 bridgehead atoms. The van der Waals surface area contributed by atoms with Crippen LogP contribution in [0.4, 0.5) is 0 Å². The van der Waals surface area contributed by atoms with E-state index in [1.807, 2.05) is 0 Å². The van der Waals surface area contributed by atoms with Crippen LogP contribution >= 0.6 is 0 Å². The molecule has 0 aliphatic rings. The molecule has 2 unspecified atom stereocenters. The van der Waals surface area contributed by atoms with Crippen LogP contribution in [-0.4, -0.2) is 47.4 Å². The number of hydrogen-bond donors (Lipinski definition) is 3. The Hall–Kier alpha value is -1.14. The largest absolute Gasteiger partial charge is 0.466 e. The van der Waals surface area contributed by atoms with E-state index in [1.165, 1.54) is 270 Å². The van der Waals surface area contributed by atoms with Gasteiger partial charge in [0, 0.05) is 12.8 Å². The van der Waals surface area contributed by atoms with Gasteiger partial charge in [-0.05, 0) is 25.7 Å². The van der Waals surface area contributed by atoms with Gasteiger partial charge in [-0.15, -0.1) is 0 Å². The number of rotatable bonds is 59. The molecule has 0 saturated carbocycles. The highest BCUT2D eigenvalue weighted by Crippen LogP contribution is 2.19. The highest BCUT2D eigenvalue weighted by atomic mass is 16.5. The summed E-state index contributed by atoms with van der Waals surface area (Å²) in [4.78, 5) is 24.6. The standard InChI is InChI=1S/C62H123NO5/c1-3-5-7-9-11-13-15-17-19-21-23-25-26-28-30-34-38-42-46-50-54-60(65)59(58-64)63-61(66)55-51-47-43-39-35-32-33-37-41-45-49-53-57-68-62(67)56-52-48-44-40-36-31-29-27-24-22-20-18-16-14-12-10-8-6-4-2/h59-60,64-65H,3-58H2,1-2H3,(H,63,66). The number of esters is 1. The third-order valence-corrected chi connectivity index (χ3v) is 14.9. The summed E-state index contributed by atoms with van der Waals surface area (Å²) in [6, 6.07) is -0.552. The SMILES string of the molecule is CCCCCCCCCCCCCCCCCCCCCCC(O)C(CO)NC(=O)CCCCCCCCCCCCCCOC(=O)CCCCCCCCCCCCCCCCCCCCC. The van der Waals surface area contributed by atoms with Gasteiger partial charge in [0.1, 0.15) is 0 Å².